The van der Waals surface area contributed by atoms with Gasteiger partial charge in [-0.15, -0.1) is 0 Å². The normalized spacial score (nSPS) is 15.9. The molecule has 184 valence electrons. The fourth-order valence-electron chi connectivity index (χ4n) is 4.17. The average Bonchev–Trinajstić information content (AvgIpc) is 3.10. The molecular weight excluding hydrogens is 463 g/mol. The highest BCUT2D eigenvalue weighted by atomic mass is 19.4. The van der Waals surface area contributed by atoms with E-state index in [1.54, 1.807) is 35.2 Å². The molecule has 7 nitrogen and oxygen atoms in total. The number of rotatable bonds is 6. The number of ether oxygens (including phenoxy) is 1. The highest BCUT2D eigenvalue weighted by Crippen LogP contribution is 2.32. The van der Waals surface area contributed by atoms with Gasteiger partial charge < -0.3 is 19.4 Å². The highest BCUT2D eigenvalue weighted by Gasteiger charge is 2.32. The maximum Gasteiger partial charge on any atom is 0.416 e. The number of hydrogen-bond donors (Lipinski definition) is 0. The van der Waals surface area contributed by atoms with Crippen LogP contribution >= 0.6 is 0 Å². The fraction of sp³-hybridized carbons (Fsp3) is 0.320. The molecule has 0 bridgehead atoms. The number of piperazine rings is 1. The van der Waals surface area contributed by atoms with Crippen LogP contribution < -0.4 is 4.90 Å². The van der Waals surface area contributed by atoms with Crippen molar-refractivity contribution in [2.24, 2.45) is 0 Å². The zero-order chi connectivity index (χ0) is 25.2. The van der Waals surface area contributed by atoms with E-state index in [9.17, 15) is 27.6 Å². The van der Waals surface area contributed by atoms with Gasteiger partial charge in [-0.2, -0.15) is 13.2 Å². The summed E-state index contributed by atoms with van der Waals surface area (Å²) < 4.78 is 44.0. The molecule has 35 heavy (non-hydrogen) atoms. The molecule has 0 atom stereocenters. The Morgan fingerprint density at radius 2 is 1.66 bits per heavy atom. The molecule has 1 saturated heterocycles. The van der Waals surface area contributed by atoms with Gasteiger partial charge in [0.15, 0.2) is 6.61 Å². The van der Waals surface area contributed by atoms with Crippen LogP contribution in [0.15, 0.2) is 55.1 Å². The lowest BCUT2D eigenvalue weighted by molar-refractivity contribution is -0.152. The van der Waals surface area contributed by atoms with Crippen LogP contribution in [-0.2, 0) is 20.5 Å². The molecule has 2 aliphatic heterocycles. The van der Waals surface area contributed by atoms with Gasteiger partial charge in [0.1, 0.15) is 0 Å². The van der Waals surface area contributed by atoms with Crippen LogP contribution in [0.3, 0.4) is 0 Å². The highest BCUT2D eigenvalue weighted by molar-refractivity contribution is 6.08. The SMILES string of the molecule is C=C1c2ccccc2C(=O)N1CCC(=O)OCC(=O)N1CCN(c2cccc(C(F)(F)F)c2)CC1. The van der Waals surface area contributed by atoms with Crippen LogP contribution in [-0.4, -0.2) is 66.9 Å². The predicted molar refractivity (Wildman–Crippen MR) is 122 cm³/mol. The third-order valence-corrected chi connectivity index (χ3v) is 6.11. The minimum atomic E-state index is -4.42. The summed E-state index contributed by atoms with van der Waals surface area (Å²) in [7, 11) is 0. The third kappa shape index (κ3) is 5.31. The number of fused-ring (bicyclic) bond motifs is 1. The molecule has 0 saturated carbocycles. The van der Waals surface area contributed by atoms with Crippen LogP contribution in [0.5, 0.6) is 0 Å². The molecular formula is C25H24F3N3O4. The van der Waals surface area contributed by atoms with Gasteiger partial charge in [-0.25, -0.2) is 0 Å². The summed E-state index contributed by atoms with van der Waals surface area (Å²) in [6.07, 6.45) is -4.51. The Balaban J connectivity index is 1.21. The monoisotopic (exact) mass is 487 g/mol. The molecule has 0 N–H and O–H groups in total. The maximum absolute atomic E-state index is 13.0. The van der Waals surface area contributed by atoms with Crippen molar-refractivity contribution < 1.29 is 32.3 Å². The lowest BCUT2D eigenvalue weighted by Gasteiger charge is -2.36. The van der Waals surface area contributed by atoms with Crippen LogP contribution in [0.4, 0.5) is 18.9 Å². The molecule has 0 radical (unpaired) electrons. The van der Waals surface area contributed by atoms with E-state index in [2.05, 4.69) is 6.58 Å². The zero-order valence-electron chi connectivity index (χ0n) is 18.9. The van der Waals surface area contributed by atoms with Crippen molar-refractivity contribution in [2.75, 3.05) is 44.2 Å². The number of carbonyl (C=O) groups is 3. The van der Waals surface area contributed by atoms with E-state index in [0.29, 0.717) is 43.1 Å². The molecule has 2 aromatic carbocycles. The number of esters is 1. The Morgan fingerprint density at radius 1 is 0.971 bits per heavy atom. The van der Waals surface area contributed by atoms with Crippen molar-refractivity contribution >= 4 is 29.2 Å². The molecule has 2 heterocycles. The van der Waals surface area contributed by atoms with E-state index < -0.39 is 24.3 Å². The van der Waals surface area contributed by atoms with Gasteiger partial charge in [-0.3, -0.25) is 14.4 Å². The number of amides is 2. The van der Waals surface area contributed by atoms with Crippen molar-refractivity contribution in [1.82, 2.24) is 9.80 Å². The van der Waals surface area contributed by atoms with E-state index in [1.807, 2.05) is 0 Å². The first-order valence-electron chi connectivity index (χ1n) is 11.1. The van der Waals surface area contributed by atoms with Crippen LogP contribution in [0.25, 0.3) is 5.70 Å². The summed E-state index contributed by atoms with van der Waals surface area (Å²) in [4.78, 5) is 41.8. The first kappa shape index (κ1) is 24.3. The van der Waals surface area contributed by atoms with E-state index in [-0.39, 0.29) is 24.8 Å². The lowest BCUT2D eigenvalue weighted by Crippen LogP contribution is -2.50. The smallest absolute Gasteiger partial charge is 0.416 e. The number of nitrogens with zero attached hydrogens (tertiary/aromatic N) is 3. The largest absolute Gasteiger partial charge is 0.456 e. The second-order valence-corrected chi connectivity index (χ2v) is 8.28. The molecule has 0 spiro atoms. The first-order chi connectivity index (χ1) is 16.6. The van der Waals surface area contributed by atoms with Crippen LogP contribution in [0.2, 0.25) is 0 Å². The third-order valence-electron chi connectivity index (χ3n) is 6.11. The van der Waals surface area contributed by atoms with Gasteiger partial charge in [-0.1, -0.05) is 30.8 Å². The Hall–Kier alpha value is -3.82. The molecule has 2 amide bonds. The first-order valence-corrected chi connectivity index (χ1v) is 11.1. The van der Waals surface area contributed by atoms with Gasteiger partial charge >= 0.3 is 12.1 Å². The van der Waals surface area contributed by atoms with Gasteiger partial charge in [0.2, 0.25) is 0 Å². The van der Waals surface area contributed by atoms with E-state index >= 15 is 0 Å². The van der Waals surface area contributed by atoms with Crippen molar-refractivity contribution in [3.63, 3.8) is 0 Å². The summed E-state index contributed by atoms with van der Waals surface area (Å²) in [5.74, 6) is -1.22. The van der Waals surface area contributed by atoms with Gasteiger partial charge in [-0.05, 0) is 24.3 Å². The van der Waals surface area contributed by atoms with Crippen molar-refractivity contribution in [1.29, 1.82) is 0 Å². The number of hydrogen-bond acceptors (Lipinski definition) is 5. The second kappa shape index (κ2) is 9.81. The molecule has 0 unspecified atom stereocenters. The van der Waals surface area contributed by atoms with E-state index in [4.69, 9.17) is 4.74 Å². The Kier molecular flexibility index (Phi) is 6.81. The summed E-state index contributed by atoms with van der Waals surface area (Å²) in [5.41, 5.74) is 1.51. The maximum atomic E-state index is 13.0. The number of carbonyl (C=O) groups excluding carboxylic acids is 3. The van der Waals surface area contributed by atoms with Crippen LogP contribution in [0.1, 0.15) is 27.9 Å². The topological polar surface area (TPSA) is 70.2 Å². The Morgan fingerprint density at radius 3 is 2.31 bits per heavy atom. The van der Waals surface area contributed by atoms with Crippen molar-refractivity contribution in [3.8, 4) is 0 Å². The van der Waals surface area contributed by atoms with E-state index in [1.165, 1.54) is 15.9 Å². The number of anilines is 1. The molecule has 4 rings (SSSR count). The Labute approximate surface area is 200 Å². The summed E-state index contributed by atoms with van der Waals surface area (Å²) in [5, 5.41) is 0. The second-order valence-electron chi connectivity index (χ2n) is 8.28. The van der Waals surface area contributed by atoms with E-state index in [0.717, 1.165) is 17.7 Å². The molecule has 1 fully saturated rings. The zero-order valence-corrected chi connectivity index (χ0v) is 18.9. The molecule has 2 aliphatic rings. The number of alkyl halides is 3. The van der Waals surface area contributed by atoms with Gasteiger partial charge in [0, 0.05) is 55.2 Å². The number of benzene rings is 2. The summed E-state index contributed by atoms with van der Waals surface area (Å²) in [6, 6.07) is 12.1. The predicted octanol–water partition coefficient (Wildman–Crippen LogP) is 3.41. The fourth-order valence-corrected chi connectivity index (χ4v) is 4.17. The minimum Gasteiger partial charge on any atom is -0.456 e. The quantitative estimate of drug-likeness (QED) is 0.585. The lowest BCUT2D eigenvalue weighted by atomic mass is 10.1. The number of halogens is 3. The van der Waals surface area contributed by atoms with Crippen LogP contribution in [0, 0.1) is 0 Å². The van der Waals surface area contributed by atoms with Crippen molar-refractivity contribution in [3.05, 3.63) is 71.8 Å². The van der Waals surface area contributed by atoms with Gasteiger partial charge in [0.25, 0.3) is 11.8 Å². The Bertz CT molecular complexity index is 1120. The molecule has 0 aliphatic carbocycles. The molecule has 10 heteroatoms. The van der Waals surface area contributed by atoms with Gasteiger partial charge in [0.05, 0.1) is 12.0 Å². The van der Waals surface area contributed by atoms with Crippen molar-refractivity contribution in [2.45, 2.75) is 12.6 Å². The minimum absolute atomic E-state index is 0.0879. The average molecular weight is 487 g/mol. The summed E-state index contributed by atoms with van der Waals surface area (Å²) in [6.45, 7) is 4.90. The molecule has 2 aromatic rings. The standard InChI is InChI=1S/C25H24F3N3O4/c1-17-20-7-2-3-8-21(20)24(34)31(17)10-9-23(33)35-16-22(32)30-13-11-29(12-14-30)19-6-4-5-18(15-19)25(26,27)28/h2-8,15H,1,9-14,16H2. The summed E-state index contributed by atoms with van der Waals surface area (Å²) >= 11 is 0. The molecule has 0 aromatic heterocycles.